The zero-order valence-electron chi connectivity index (χ0n) is 22.5. The number of hydrogen-bond acceptors (Lipinski definition) is 10. The predicted octanol–water partition coefficient (Wildman–Crippen LogP) is 0.240. The van der Waals surface area contributed by atoms with E-state index < -0.39 is 11.9 Å². The number of halogens is 1. The summed E-state index contributed by atoms with van der Waals surface area (Å²) in [5.74, 6) is -1.26. The number of amides is 4. The van der Waals surface area contributed by atoms with Gasteiger partial charge < -0.3 is 39.6 Å². The lowest BCUT2D eigenvalue weighted by Gasteiger charge is -2.29. The van der Waals surface area contributed by atoms with Gasteiger partial charge in [-0.2, -0.15) is 0 Å². The van der Waals surface area contributed by atoms with Gasteiger partial charge in [-0.3, -0.25) is 24.5 Å². The minimum absolute atomic E-state index is 0. The highest BCUT2D eigenvalue weighted by atomic mass is 35.5. The predicted molar refractivity (Wildman–Crippen MR) is 146 cm³/mol. The van der Waals surface area contributed by atoms with Gasteiger partial charge in [-0.25, -0.2) is 0 Å². The highest BCUT2D eigenvalue weighted by Gasteiger charge is 2.39. The Balaban J connectivity index is 0.00000560. The molecule has 0 bridgehead atoms. The van der Waals surface area contributed by atoms with Gasteiger partial charge in [-0.1, -0.05) is 0 Å². The van der Waals surface area contributed by atoms with Crippen molar-refractivity contribution >= 4 is 41.7 Å². The Labute approximate surface area is 239 Å². The van der Waals surface area contributed by atoms with Crippen LogP contribution in [0, 0.1) is 0 Å². The van der Waals surface area contributed by atoms with Crippen LogP contribution in [-0.4, -0.2) is 107 Å². The van der Waals surface area contributed by atoms with E-state index in [2.05, 4.69) is 10.6 Å². The van der Waals surface area contributed by atoms with Crippen LogP contribution in [0.3, 0.4) is 0 Å². The molecule has 14 heteroatoms. The van der Waals surface area contributed by atoms with E-state index in [1.54, 1.807) is 18.2 Å². The lowest BCUT2D eigenvalue weighted by molar-refractivity contribution is -0.137. The summed E-state index contributed by atoms with van der Waals surface area (Å²) in [5.41, 5.74) is 7.09. The van der Waals surface area contributed by atoms with Gasteiger partial charge in [-0.05, 0) is 30.2 Å². The molecule has 4 amide bonds. The number of carbonyl (C=O) groups excluding carboxylic acids is 4. The zero-order chi connectivity index (χ0) is 27.9. The first kappa shape index (κ1) is 33.6. The molecule has 224 valence electrons. The standard InChI is InChI=1S/C26H38N4O9.ClH/c27-6-8-36-10-12-38-14-16-39-15-13-37-11-9-35-7-5-24(32)28-20-1-2-21-19(17-20)18-30(26(21)34)22-3-4-23(31)29-25(22)33;/h1-2,17,22H,3-16,18,27H2,(H,28,32)(H,29,31,33);1H. The Morgan fingerprint density at radius 3 is 2.05 bits per heavy atom. The fourth-order valence-corrected chi connectivity index (χ4v) is 4.11. The number of benzene rings is 1. The van der Waals surface area contributed by atoms with Crippen LogP contribution >= 0.6 is 12.4 Å². The van der Waals surface area contributed by atoms with Crippen molar-refractivity contribution in [1.82, 2.24) is 10.2 Å². The average molecular weight is 587 g/mol. The normalized spacial score (nSPS) is 16.5. The van der Waals surface area contributed by atoms with Crippen molar-refractivity contribution in [2.45, 2.75) is 31.8 Å². The van der Waals surface area contributed by atoms with E-state index in [0.29, 0.717) is 83.7 Å². The number of anilines is 1. The molecule has 2 heterocycles. The maximum Gasteiger partial charge on any atom is 0.255 e. The molecule has 1 aromatic rings. The molecule has 1 atom stereocenters. The van der Waals surface area contributed by atoms with Crippen molar-refractivity contribution in [3.8, 4) is 0 Å². The van der Waals surface area contributed by atoms with Gasteiger partial charge >= 0.3 is 0 Å². The third-order valence-electron chi connectivity index (χ3n) is 6.03. The first-order chi connectivity index (χ1) is 19.0. The first-order valence-corrected chi connectivity index (χ1v) is 13.2. The summed E-state index contributed by atoms with van der Waals surface area (Å²) < 4.78 is 26.8. The molecule has 1 unspecified atom stereocenters. The number of rotatable bonds is 19. The van der Waals surface area contributed by atoms with Crippen LogP contribution in [0.25, 0.3) is 0 Å². The summed E-state index contributed by atoms with van der Waals surface area (Å²) in [7, 11) is 0. The first-order valence-electron chi connectivity index (χ1n) is 13.2. The molecular formula is C26H39ClN4O9. The van der Waals surface area contributed by atoms with Crippen molar-refractivity contribution in [3.05, 3.63) is 29.3 Å². The number of piperidine rings is 1. The molecule has 2 aliphatic rings. The molecule has 1 aromatic carbocycles. The lowest BCUT2D eigenvalue weighted by Crippen LogP contribution is -2.52. The number of nitrogens with two attached hydrogens (primary N) is 1. The quantitative estimate of drug-likeness (QED) is 0.151. The second-order valence-corrected chi connectivity index (χ2v) is 8.92. The van der Waals surface area contributed by atoms with Gasteiger partial charge in [0.05, 0.1) is 72.5 Å². The third kappa shape index (κ3) is 11.1. The summed E-state index contributed by atoms with van der Waals surface area (Å²) in [6.07, 6.45) is 0.665. The van der Waals surface area contributed by atoms with E-state index in [1.165, 1.54) is 4.90 Å². The monoisotopic (exact) mass is 586 g/mol. The fraction of sp³-hybridized carbons (Fsp3) is 0.615. The van der Waals surface area contributed by atoms with Gasteiger partial charge in [0, 0.05) is 30.8 Å². The Kier molecular flexibility index (Phi) is 15.6. The lowest BCUT2D eigenvalue weighted by atomic mass is 10.0. The molecule has 0 saturated carbocycles. The average Bonchev–Trinajstić information content (AvgIpc) is 3.23. The summed E-state index contributed by atoms with van der Waals surface area (Å²) in [5, 5.41) is 5.09. The van der Waals surface area contributed by atoms with Crippen LogP contribution in [0.5, 0.6) is 0 Å². The van der Waals surface area contributed by atoms with Crippen molar-refractivity contribution < 1.29 is 42.9 Å². The maximum atomic E-state index is 12.8. The third-order valence-corrected chi connectivity index (χ3v) is 6.03. The summed E-state index contributed by atoms with van der Waals surface area (Å²) in [6.45, 7) is 5.15. The van der Waals surface area contributed by atoms with Crippen molar-refractivity contribution in [1.29, 1.82) is 0 Å². The van der Waals surface area contributed by atoms with Crippen LogP contribution < -0.4 is 16.4 Å². The number of fused-ring (bicyclic) bond motifs is 1. The number of imide groups is 1. The molecule has 0 aromatic heterocycles. The Morgan fingerprint density at radius 1 is 0.900 bits per heavy atom. The number of nitrogens with zero attached hydrogens (tertiary/aromatic N) is 1. The van der Waals surface area contributed by atoms with Crippen LogP contribution in [0.4, 0.5) is 5.69 Å². The smallest absolute Gasteiger partial charge is 0.255 e. The van der Waals surface area contributed by atoms with Crippen LogP contribution in [0.15, 0.2) is 18.2 Å². The molecular weight excluding hydrogens is 548 g/mol. The number of ether oxygens (including phenoxy) is 5. The van der Waals surface area contributed by atoms with Gasteiger partial charge in [-0.15, -0.1) is 12.4 Å². The fourth-order valence-electron chi connectivity index (χ4n) is 4.11. The van der Waals surface area contributed by atoms with Crippen LogP contribution in [0.1, 0.15) is 35.2 Å². The Bertz CT molecular complexity index is 981. The molecule has 0 spiro atoms. The summed E-state index contributed by atoms with van der Waals surface area (Å²) in [6, 6.07) is 4.36. The molecule has 0 radical (unpaired) electrons. The SMILES string of the molecule is Cl.NCCOCCOCCOCCOCCOCCC(=O)Nc1ccc2c(c1)CN(C1CCC(=O)NC1=O)C2=O. The largest absolute Gasteiger partial charge is 0.379 e. The summed E-state index contributed by atoms with van der Waals surface area (Å²) >= 11 is 0. The van der Waals surface area contributed by atoms with E-state index in [9.17, 15) is 19.2 Å². The van der Waals surface area contributed by atoms with Gasteiger partial charge in [0.25, 0.3) is 5.91 Å². The minimum atomic E-state index is -0.675. The zero-order valence-corrected chi connectivity index (χ0v) is 23.3. The highest BCUT2D eigenvalue weighted by molar-refractivity contribution is 6.05. The van der Waals surface area contributed by atoms with E-state index in [-0.39, 0.29) is 56.1 Å². The van der Waals surface area contributed by atoms with E-state index in [4.69, 9.17) is 29.4 Å². The van der Waals surface area contributed by atoms with Gasteiger partial charge in [0.2, 0.25) is 17.7 Å². The number of nitrogens with one attached hydrogen (secondary N) is 2. The Morgan fingerprint density at radius 2 is 1.48 bits per heavy atom. The maximum absolute atomic E-state index is 12.8. The van der Waals surface area contributed by atoms with Crippen LogP contribution in [-0.2, 0) is 44.6 Å². The van der Waals surface area contributed by atoms with Crippen molar-refractivity contribution in [3.63, 3.8) is 0 Å². The van der Waals surface area contributed by atoms with E-state index >= 15 is 0 Å². The molecule has 3 rings (SSSR count). The number of carbonyl (C=O) groups is 4. The topological polar surface area (TPSA) is 168 Å². The number of hydrogen-bond donors (Lipinski definition) is 3. The van der Waals surface area contributed by atoms with Crippen molar-refractivity contribution in [2.24, 2.45) is 5.73 Å². The molecule has 40 heavy (non-hydrogen) atoms. The highest BCUT2D eigenvalue weighted by Crippen LogP contribution is 2.29. The summed E-state index contributed by atoms with van der Waals surface area (Å²) in [4.78, 5) is 50.1. The molecule has 4 N–H and O–H groups in total. The van der Waals surface area contributed by atoms with Gasteiger partial charge in [0.15, 0.2) is 0 Å². The Hall–Kier alpha value is -2.65. The molecule has 1 fully saturated rings. The second kappa shape index (κ2) is 18.7. The second-order valence-electron chi connectivity index (χ2n) is 8.92. The molecule has 13 nitrogen and oxygen atoms in total. The van der Waals surface area contributed by atoms with E-state index in [1.807, 2.05) is 0 Å². The molecule has 0 aliphatic carbocycles. The molecule has 2 aliphatic heterocycles. The van der Waals surface area contributed by atoms with E-state index in [0.717, 1.165) is 5.56 Å². The molecule has 1 saturated heterocycles. The van der Waals surface area contributed by atoms with Gasteiger partial charge in [0.1, 0.15) is 6.04 Å². The van der Waals surface area contributed by atoms with Crippen LogP contribution in [0.2, 0.25) is 0 Å². The minimum Gasteiger partial charge on any atom is -0.379 e. The van der Waals surface area contributed by atoms with Crippen molar-refractivity contribution in [2.75, 3.05) is 77.9 Å².